The lowest BCUT2D eigenvalue weighted by atomic mass is 10.1. The Bertz CT molecular complexity index is 830. The first-order valence-corrected chi connectivity index (χ1v) is 8.12. The predicted molar refractivity (Wildman–Crippen MR) is 90.8 cm³/mol. The van der Waals surface area contributed by atoms with Crippen molar-refractivity contribution in [2.24, 2.45) is 0 Å². The van der Waals surface area contributed by atoms with Crippen molar-refractivity contribution in [3.8, 4) is 0 Å². The summed E-state index contributed by atoms with van der Waals surface area (Å²) < 4.78 is 6.99. The van der Waals surface area contributed by atoms with Gasteiger partial charge in [0.05, 0.1) is 12.3 Å². The number of amides is 2. The molecule has 8 heteroatoms. The molecule has 2 amide bonds. The molecule has 0 aliphatic heterocycles. The molecule has 0 aliphatic carbocycles. The van der Waals surface area contributed by atoms with Gasteiger partial charge in [0.2, 0.25) is 0 Å². The Labute approximate surface area is 144 Å². The summed E-state index contributed by atoms with van der Waals surface area (Å²) in [5.74, 6) is 1.13. The fourth-order valence-corrected chi connectivity index (χ4v) is 2.67. The second-order valence-corrected chi connectivity index (χ2v) is 5.99. The highest BCUT2D eigenvalue weighted by atomic mass is 16.4. The van der Waals surface area contributed by atoms with Crippen molar-refractivity contribution < 1.29 is 14.3 Å². The van der Waals surface area contributed by atoms with Crippen molar-refractivity contribution in [1.29, 1.82) is 0 Å². The normalized spacial score (nSPS) is 14.8. The van der Waals surface area contributed by atoms with Crippen LogP contribution in [0.3, 0.4) is 0 Å². The van der Waals surface area contributed by atoms with Crippen molar-refractivity contribution >= 4 is 11.7 Å². The number of pyridine rings is 1. The van der Waals surface area contributed by atoms with Crippen LogP contribution in [-0.2, 0) is 0 Å². The van der Waals surface area contributed by atoms with E-state index >= 15 is 0 Å². The maximum absolute atomic E-state index is 12.2. The van der Waals surface area contributed by atoms with E-state index in [1.165, 1.54) is 6.26 Å². The zero-order valence-electron chi connectivity index (χ0n) is 14.1. The first-order chi connectivity index (χ1) is 12.0. The molecule has 0 radical (unpaired) electrons. The molecule has 3 N–H and O–H groups in total. The van der Waals surface area contributed by atoms with Gasteiger partial charge in [0.15, 0.2) is 11.5 Å². The summed E-state index contributed by atoms with van der Waals surface area (Å²) >= 11 is 0. The highest BCUT2D eigenvalue weighted by Gasteiger charge is 2.19. The number of nitrogens with zero attached hydrogens (tertiary/aromatic N) is 3. The molecule has 0 unspecified atom stereocenters. The molecule has 0 saturated heterocycles. The average Bonchev–Trinajstić information content (AvgIpc) is 3.24. The molecule has 0 saturated carbocycles. The highest BCUT2D eigenvalue weighted by molar-refractivity contribution is 5.74. The zero-order valence-corrected chi connectivity index (χ0v) is 14.1. The summed E-state index contributed by atoms with van der Waals surface area (Å²) in [5.41, 5.74) is 0.724. The zero-order chi connectivity index (χ0) is 17.8. The lowest BCUT2D eigenvalue weighted by Gasteiger charge is -2.19. The average molecular weight is 343 g/mol. The van der Waals surface area contributed by atoms with E-state index in [0.717, 1.165) is 5.65 Å². The summed E-state index contributed by atoms with van der Waals surface area (Å²) in [6.45, 7) is 3.66. The Kier molecular flexibility index (Phi) is 4.99. The van der Waals surface area contributed by atoms with Gasteiger partial charge in [-0.1, -0.05) is 6.07 Å². The van der Waals surface area contributed by atoms with Gasteiger partial charge in [-0.05, 0) is 38.1 Å². The number of fused-ring (bicyclic) bond motifs is 1. The van der Waals surface area contributed by atoms with Gasteiger partial charge in [0.25, 0.3) is 0 Å². The van der Waals surface area contributed by atoms with E-state index in [-0.39, 0.29) is 18.1 Å². The molecule has 3 atom stereocenters. The fourth-order valence-electron chi connectivity index (χ4n) is 2.67. The Balaban J connectivity index is 1.55. The van der Waals surface area contributed by atoms with Crippen LogP contribution in [-0.4, -0.2) is 31.8 Å². The smallest absolute Gasteiger partial charge is 0.315 e. The van der Waals surface area contributed by atoms with E-state index in [4.69, 9.17) is 4.42 Å². The van der Waals surface area contributed by atoms with Crippen LogP contribution in [0, 0.1) is 0 Å². The maximum Gasteiger partial charge on any atom is 0.315 e. The second-order valence-electron chi connectivity index (χ2n) is 5.99. The summed E-state index contributed by atoms with van der Waals surface area (Å²) in [6, 6.07) is 8.14. The van der Waals surface area contributed by atoms with E-state index < -0.39 is 6.10 Å². The number of aromatic nitrogens is 3. The first-order valence-electron chi connectivity index (χ1n) is 8.12. The van der Waals surface area contributed by atoms with Crippen molar-refractivity contribution in [3.05, 3.63) is 54.4 Å². The summed E-state index contributed by atoms with van der Waals surface area (Å²) in [4.78, 5) is 12.2. The van der Waals surface area contributed by atoms with Gasteiger partial charge < -0.3 is 20.2 Å². The molecule has 0 fully saturated rings. The molecule has 3 heterocycles. The number of urea groups is 1. The molecule has 0 aromatic carbocycles. The molecule has 0 spiro atoms. The van der Waals surface area contributed by atoms with Crippen LogP contribution in [0.15, 0.2) is 47.2 Å². The maximum atomic E-state index is 12.2. The minimum Gasteiger partial charge on any atom is -0.467 e. The quantitative estimate of drug-likeness (QED) is 0.636. The first kappa shape index (κ1) is 17.0. The molecule has 132 valence electrons. The van der Waals surface area contributed by atoms with Crippen LogP contribution in [0.5, 0.6) is 0 Å². The number of carbonyl (C=O) groups excluding carboxylic acids is 1. The summed E-state index contributed by atoms with van der Waals surface area (Å²) in [5, 5.41) is 23.9. The number of aliphatic hydroxyl groups excluding tert-OH is 1. The number of furan rings is 1. The third-order valence-electron chi connectivity index (χ3n) is 3.90. The molecule has 3 rings (SSSR count). The van der Waals surface area contributed by atoms with Gasteiger partial charge in [-0.15, -0.1) is 10.2 Å². The SMILES string of the molecule is C[C@H](C[C@@H](O)c1ccco1)NC(=O)N[C@@H](C)c1nnc2ccccn12. The van der Waals surface area contributed by atoms with Crippen LogP contribution < -0.4 is 10.6 Å². The molecular weight excluding hydrogens is 322 g/mol. The minimum atomic E-state index is -0.761. The summed E-state index contributed by atoms with van der Waals surface area (Å²) in [6.07, 6.45) is 2.95. The Morgan fingerprint density at radius 1 is 1.24 bits per heavy atom. The summed E-state index contributed by atoms with van der Waals surface area (Å²) in [7, 11) is 0. The number of aliphatic hydroxyl groups is 1. The molecular formula is C17H21N5O3. The molecule has 0 aliphatic rings. The monoisotopic (exact) mass is 343 g/mol. The van der Waals surface area contributed by atoms with Gasteiger partial charge in [0.1, 0.15) is 11.9 Å². The minimum absolute atomic E-state index is 0.234. The van der Waals surface area contributed by atoms with Crippen LogP contribution in [0.1, 0.15) is 44.0 Å². The van der Waals surface area contributed by atoms with E-state index in [0.29, 0.717) is 18.0 Å². The standard InChI is InChI=1S/C17H21N5O3/c1-11(10-13(23)14-6-5-9-25-14)18-17(24)19-12(2)16-21-20-15-7-3-4-8-22(15)16/h3-9,11-13,23H,10H2,1-2H3,(H2,18,19,24)/t11-,12+,13-/m1/s1. The van der Waals surface area contributed by atoms with Crippen molar-refractivity contribution in [2.75, 3.05) is 0 Å². The highest BCUT2D eigenvalue weighted by Crippen LogP contribution is 2.18. The molecule has 3 aromatic heterocycles. The Morgan fingerprint density at radius 3 is 2.84 bits per heavy atom. The van der Waals surface area contributed by atoms with Crippen molar-refractivity contribution in [3.63, 3.8) is 0 Å². The molecule has 3 aromatic rings. The van der Waals surface area contributed by atoms with E-state index in [9.17, 15) is 9.90 Å². The fraction of sp³-hybridized carbons (Fsp3) is 0.353. The Morgan fingerprint density at radius 2 is 2.08 bits per heavy atom. The molecule has 25 heavy (non-hydrogen) atoms. The third-order valence-corrected chi connectivity index (χ3v) is 3.90. The predicted octanol–water partition coefficient (Wildman–Crippen LogP) is 2.19. The van der Waals surface area contributed by atoms with Crippen LogP contribution in [0.2, 0.25) is 0 Å². The van der Waals surface area contributed by atoms with E-state index in [1.54, 1.807) is 12.1 Å². The topological polar surface area (TPSA) is 105 Å². The molecule has 0 bridgehead atoms. The lowest BCUT2D eigenvalue weighted by molar-refractivity contribution is 0.129. The van der Waals surface area contributed by atoms with Gasteiger partial charge in [-0.3, -0.25) is 4.40 Å². The van der Waals surface area contributed by atoms with E-state index in [2.05, 4.69) is 20.8 Å². The number of nitrogens with one attached hydrogen (secondary N) is 2. The number of hydrogen-bond acceptors (Lipinski definition) is 5. The van der Waals surface area contributed by atoms with E-state index in [1.807, 2.05) is 42.6 Å². The number of hydrogen-bond donors (Lipinski definition) is 3. The van der Waals surface area contributed by atoms with Crippen LogP contribution in [0.4, 0.5) is 4.79 Å². The third kappa shape index (κ3) is 3.97. The van der Waals surface area contributed by atoms with Gasteiger partial charge in [-0.2, -0.15) is 0 Å². The van der Waals surface area contributed by atoms with Gasteiger partial charge in [0, 0.05) is 18.7 Å². The van der Waals surface area contributed by atoms with Gasteiger partial charge in [-0.25, -0.2) is 4.79 Å². The Hall–Kier alpha value is -2.87. The van der Waals surface area contributed by atoms with Gasteiger partial charge >= 0.3 is 6.03 Å². The number of rotatable bonds is 6. The lowest BCUT2D eigenvalue weighted by Crippen LogP contribution is -2.42. The molecule has 8 nitrogen and oxygen atoms in total. The number of carbonyl (C=O) groups is 1. The largest absolute Gasteiger partial charge is 0.467 e. The van der Waals surface area contributed by atoms with Crippen molar-refractivity contribution in [1.82, 2.24) is 25.2 Å². The van der Waals surface area contributed by atoms with Crippen LogP contribution >= 0.6 is 0 Å². The van der Waals surface area contributed by atoms with Crippen LogP contribution in [0.25, 0.3) is 5.65 Å². The van der Waals surface area contributed by atoms with Crippen molar-refractivity contribution in [2.45, 2.75) is 38.5 Å². The second kappa shape index (κ2) is 7.35.